The third-order valence-electron chi connectivity index (χ3n) is 2.75. The van der Waals surface area contributed by atoms with E-state index in [2.05, 4.69) is 0 Å². The average molecular weight is 237 g/mol. The molecular formula is C12H15NO4. The van der Waals surface area contributed by atoms with Gasteiger partial charge in [0.2, 0.25) is 0 Å². The summed E-state index contributed by atoms with van der Waals surface area (Å²) in [5.74, 6) is -1.21. The van der Waals surface area contributed by atoms with E-state index in [9.17, 15) is 14.9 Å². The second-order valence-electron chi connectivity index (χ2n) is 4.16. The average Bonchev–Trinajstić information content (AvgIpc) is 2.25. The van der Waals surface area contributed by atoms with Gasteiger partial charge >= 0.3 is 5.97 Å². The fraction of sp³-hybridized carbons (Fsp3) is 0.417. The maximum Gasteiger partial charge on any atom is 0.306 e. The predicted molar refractivity (Wildman–Crippen MR) is 63.0 cm³/mol. The van der Waals surface area contributed by atoms with Gasteiger partial charge in [-0.1, -0.05) is 13.0 Å². The number of rotatable bonds is 5. The lowest BCUT2D eigenvalue weighted by atomic mass is 9.99. The van der Waals surface area contributed by atoms with Gasteiger partial charge in [-0.15, -0.1) is 0 Å². The monoisotopic (exact) mass is 237 g/mol. The molecule has 0 heterocycles. The van der Waals surface area contributed by atoms with Crippen LogP contribution < -0.4 is 0 Å². The summed E-state index contributed by atoms with van der Waals surface area (Å²) >= 11 is 0. The second kappa shape index (κ2) is 5.43. The molecule has 1 atom stereocenters. The first-order valence-electron chi connectivity index (χ1n) is 5.38. The third kappa shape index (κ3) is 3.55. The molecule has 1 N–H and O–H groups in total. The summed E-state index contributed by atoms with van der Waals surface area (Å²) in [5, 5.41) is 19.4. The Morgan fingerprint density at radius 2 is 2.18 bits per heavy atom. The van der Waals surface area contributed by atoms with Crippen LogP contribution in [-0.4, -0.2) is 16.0 Å². The highest BCUT2D eigenvalue weighted by molar-refractivity contribution is 5.69. The summed E-state index contributed by atoms with van der Waals surface area (Å²) in [6, 6.07) is 4.89. The van der Waals surface area contributed by atoms with Gasteiger partial charge in [-0.3, -0.25) is 14.9 Å². The summed E-state index contributed by atoms with van der Waals surface area (Å²) in [7, 11) is 0. The number of nitro benzene ring substituents is 1. The number of aliphatic carboxylic acids is 1. The lowest BCUT2D eigenvalue weighted by molar-refractivity contribution is -0.385. The number of benzene rings is 1. The highest BCUT2D eigenvalue weighted by Gasteiger charge is 2.13. The largest absolute Gasteiger partial charge is 0.481 e. The zero-order valence-corrected chi connectivity index (χ0v) is 9.84. The van der Waals surface area contributed by atoms with Crippen LogP contribution in [0.1, 0.15) is 24.5 Å². The van der Waals surface area contributed by atoms with Gasteiger partial charge in [0.25, 0.3) is 5.69 Å². The molecular weight excluding hydrogens is 222 g/mol. The molecule has 0 saturated carbocycles. The molecule has 5 nitrogen and oxygen atoms in total. The Kier molecular flexibility index (Phi) is 4.20. The van der Waals surface area contributed by atoms with Gasteiger partial charge in [0.1, 0.15) is 0 Å². The van der Waals surface area contributed by atoms with E-state index >= 15 is 0 Å². The molecule has 0 spiro atoms. The van der Waals surface area contributed by atoms with Crippen molar-refractivity contribution in [1.29, 1.82) is 0 Å². The maximum absolute atomic E-state index is 10.6. The molecule has 0 radical (unpaired) electrons. The summed E-state index contributed by atoms with van der Waals surface area (Å²) in [6.07, 6.45) is 1.15. The van der Waals surface area contributed by atoms with Crippen molar-refractivity contribution in [2.24, 2.45) is 5.92 Å². The first kappa shape index (κ1) is 13.2. The number of hydrogen-bond acceptors (Lipinski definition) is 3. The Hall–Kier alpha value is -1.91. The molecule has 0 amide bonds. The Balaban J connectivity index is 2.71. The second-order valence-corrected chi connectivity index (χ2v) is 4.16. The minimum absolute atomic E-state index is 0.0973. The number of carboxylic acids is 1. The summed E-state index contributed by atoms with van der Waals surface area (Å²) < 4.78 is 0. The van der Waals surface area contributed by atoms with Crippen LogP contribution in [0.25, 0.3) is 0 Å². The predicted octanol–water partition coefficient (Wildman–Crippen LogP) is 2.56. The fourth-order valence-electron chi connectivity index (χ4n) is 1.58. The van der Waals surface area contributed by atoms with Crippen molar-refractivity contribution in [2.75, 3.05) is 0 Å². The molecule has 0 saturated heterocycles. The minimum atomic E-state index is -0.816. The number of nitrogens with zero attached hydrogens (tertiary/aromatic N) is 1. The zero-order valence-electron chi connectivity index (χ0n) is 9.84. The van der Waals surface area contributed by atoms with Crippen LogP contribution in [0.5, 0.6) is 0 Å². The van der Waals surface area contributed by atoms with E-state index in [4.69, 9.17) is 5.11 Å². The van der Waals surface area contributed by atoms with E-state index in [0.29, 0.717) is 18.4 Å². The third-order valence-corrected chi connectivity index (χ3v) is 2.75. The molecule has 0 bridgehead atoms. The molecule has 0 aliphatic heterocycles. The van der Waals surface area contributed by atoms with Crippen molar-refractivity contribution in [3.8, 4) is 0 Å². The molecule has 0 fully saturated rings. The van der Waals surface area contributed by atoms with Crippen molar-refractivity contribution in [2.45, 2.75) is 26.7 Å². The van der Waals surface area contributed by atoms with E-state index in [1.807, 2.05) is 0 Å². The van der Waals surface area contributed by atoms with E-state index < -0.39 is 16.8 Å². The van der Waals surface area contributed by atoms with Crippen molar-refractivity contribution in [3.05, 3.63) is 39.4 Å². The molecule has 1 unspecified atom stereocenters. The molecule has 0 aliphatic carbocycles. The van der Waals surface area contributed by atoms with E-state index in [-0.39, 0.29) is 5.69 Å². The Bertz CT molecular complexity index is 442. The molecule has 17 heavy (non-hydrogen) atoms. The van der Waals surface area contributed by atoms with E-state index in [1.165, 1.54) is 6.07 Å². The van der Waals surface area contributed by atoms with Crippen molar-refractivity contribution in [3.63, 3.8) is 0 Å². The topological polar surface area (TPSA) is 80.4 Å². The van der Waals surface area contributed by atoms with E-state index in [0.717, 1.165) is 5.56 Å². The lowest BCUT2D eigenvalue weighted by Gasteiger charge is -2.06. The smallest absolute Gasteiger partial charge is 0.306 e. The van der Waals surface area contributed by atoms with Crippen LogP contribution in [0.2, 0.25) is 0 Å². The fourth-order valence-corrected chi connectivity index (χ4v) is 1.58. The molecule has 5 heteroatoms. The van der Waals surface area contributed by atoms with Crippen LogP contribution in [0.3, 0.4) is 0 Å². The van der Waals surface area contributed by atoms with Gasteiger partial charge in [0, 0.05) is 11.6 Å². The van der Waals surface area contributed by atoms with Crippen molar-refractivity contribution < 1.29 is 14.8 Å². The van der Waals surface area contributed by atoms with E-state index in [1.54, 1.807) is 26.0 Å². The molecule has 92 valence electrons. The first-order valence-corrected chi connectivity index (χ1v) is 5.38. The highest BCUT2D eigenvalue weighted by atomic mass is 16.6. The maximum atomic E-state index is 10.6. The van der Waals surface area contributed by atoms with Crippen LogP contribution in [0.4, 0.5) is 5.69 Å². The van der Waals surface area contributed by atoms with Gasteiger partial charge in [0.15, 0.2) is 0 Å². The SMILES string of the molecule is Cc1cc(CCC(C)C(=O)O)ccc1[N+](=O)[O-]. The van der Waals surface area contributed by atoms with Crippen LogP contribution >= 0.6 is 0 Å². The standard InChI is InChI=1S/C12H15NO4/c1-8(12(14)15)3-4-10-5-6-11(13(16)17)9(2)7-10/h5-8H,3-4H2,1-2H3,(H,14,15). The van der Waals surface area contributed by atoms with Gasteiger partial charge in [-0.25, -0.2) is 0 Å². The highest BCUT2D eigenvalue weighted by Crippen LogP contribution is 2.20. The lowest BCUT2D eigenvalue weighted by Crippen LogP contribution is -2.10. The summed E-state index contributed by atoms with van der Waals surface area (Å²) in [5.41, 5.74) is 1.64. The van der Waals surface area contributed by atoms with Crippen molar-refractivity contribution >= 4 is 11.7 Å². The van der Waals surface area contributed by atoms with Crippen LogP contribution in [-0.2, 0) is 11.2 Å². The molecule has 1 rings (SSSR count). The summed E-state index contributed by atoms with van der Waals surface area (Å²) in [6.45, 7) is 3.34. The number of carbonyl (C=O) groups is 1. The normalized spacial score (nSPS) is 12.1. The Labute approximate surface area is 99.2 Å². The molecule has 1 aromatic rings. The van der Waals surface area contributed by atoms with Gasteiger partial charge in [0.05, 0.1) is 10.8 Å². The quantitative estimate of drug-likeness (QED) is 0.630. The first-order chi connectivity index (χ1) is 7.91. The number of hydrogen-bond donors (Lipinski definition) is 1. The molecule has 1 aromatic carbocycles. The summed E-state index contributed by atoms with van der Waals surface area (Å²) in [4.78, 5) is 20.8. The van der Waals surface area contributed by atoms with Crippen LogP contribution in [0.15, 0.2) is 18.2 Å². The number of carboxylic acid groups (broad SMARTS) is 1. The Morgan fingerprint density at radius 1 is 1.53 bits per heavy atom. The Morgan fingerprint density at radius 3 is 2.65 bits per heavy atom. The van der Waals surface area contributed by atoms with Crippen LogP contribution in [0, 0.1) is 23.0 Å². The number of nitro groups is 1. The number of aryl methyl sites for hydroxylation is 2. The molecule has 0 aliphatic rings. The molecule has 0 aromatic heterocycles. The van der Waals surface area contributed by atoms with Gasteiger partial charge < -0.3 is 5.11 Å². The minimum Gasteiger partial charge on any atom is -0.481 e. The van der Waals surface area contributed by atoms with Gasteiger partial charge in [-0.05, 0) is 31.4 Å². The zero-order chi connectivity index (χ0) is 13.0. The van der Waals surface area contributed by atoms with Gasteiger partial charge in [-0.2, -0.15) is 0 Å². The van der Waals surface area contributed by atoms with Crippen molar-refractivity contribution in [1.82, 2.24) is 0 Å².